The zero-order valence-electron chi connectivity index (χ0n) is 15.1. The maximum atomic E-state index is 13.2. The average molecular weight is 350 g/mol. The number of carbonyl (C=O) groups excluding carboxylic acids is 1. The molecule has 0 unspecified atom stereocenters. The van der Waals surface area contributed by atoms with Gasteiger partial charge in [0.2, 0.25) is 0 Å². The Bertz CT molecular complexity index is 632. The lowest BCUT2D eigenvalue weighted by atomic mass is 9.39. The van der Waals surface area contributed by atoms with Gasteiger partial charge in [-0.3, -0.25) is 4.79 Å². The number of rotatable bonds is 1. The van der Waals surface area contributed by atoms with Crippen molar-refractivity contribution in [1.29, 1.82) is 0 Å². The highest BCUT2D eigenvalue weighted by atomic mass is 16.3. The second kappa shape index (κ2) is 5.16. The molecule has 4 saturated carbocycles. The van der Waals surface area contributed by atoms with Crippen molar-refractivity contribution in [2.45, 2.75) is 64.3 Å². The van der Waals surface area contributed by atoms with E-state index in [1.165, 1.54) is 0 Å². The van der Waals surface area contributed by atoms with E-state index < -0.39 is 29.1 Å². The number of fused-ring (bicyclic) bond motifs is 3. The van der Waals surface area contributed by atoms with Gasteiger partial charge in [0.05, 0.1) is 30.3 Å². The number of ketones is 1. The molecule has 0 saturated heterocycles. The summed E-state index contributed by atoms with van der Waals surface area (Å²) in [7, 11) is 0. The summed E-state index contributed by atoms with van der Waals surface area (Å²) in [5.74, 6) is -0.636. The SMILES string of the molecule is C=C1C(=O)[C@@]23[C@H](O)C[C@@H]4[C@@](C)(CO)[C@H](O)CC[C@@]4(C)[C@@H]2CC[C@@H]1[C@H]3O. The number of hydrogen-bond acceptors (Lipinski definition) is 5. The topological polar surface area (TPSA) is 98.0 Å². The van der Waals surface area contributed by atoms with Crippen molar-refractivity contribution in [2.75, 3.05) is 6.61 Å². The molecule has 0 aromatic heterocycles. The summed E-state index contributed by atoms with van der Waals surface area (Å²) in [6.07, 6.45) is 0.672. The lowest BCUT2D eigenvalue weighted by molar-refractivity contribution is -0.246. The van der Waals surface area contributed by atoms with Crippen molar-refractivity contribution in [3.63, 3.8) is 0 Å². The van der Waals surface area contributed by atoms with Gasteiger partial charge in [-0.1, -0.05) is 20.4 Å². The molecule has 4 fully saturated rings. The lowest BCUT2D eigenvalue weighted by Crippen LogP contribution is -2.69. The Morgan fingerprint density at radius 2 is 1.76 bits per heavy atom. The summed E-state index contributed by atoms with van der Waals surface area (Å²) in [5, 5.41) is 42.8. The third-order valence-electron chi connectivity index (χ3n) is 8.80. The predicted molar refractivity (Wildman–Crippen MR) is 91.5 cm³/mol. The van der Waals surface area contributed by atoms with Crippen LogP contribution in [0, 0.1) is 34.0 Å². The maximum Gasteiger partial charge on any atom is 0.170 e. The van der Waals surface area contributed by atoms with Crippen LogP contribution in [0.3, 0.4) is 0 Å². The quantitative estimate of drug-likeness (QED) is 0.530. The maximum absolute atomic E-state index is 13.2. The summed E-state index contributed by atoms with van der Waals surface area (Å²) in [4.78, 5) is 13.2. The van der Waals surface area contributed by atoms with E-state index in [1.807, 2.05) is 6.92 Å². The van der Waals surface area contributed by atoms with Crippen LogP contribution in [0.2, 0.25) is 0 Å². The highest BCUT2D eigenvalue weighted by molar-refractivity contribution is 6.04. The molecular formula is C20H30O5. The number of Topliss-reactive ketones (excluding diaryl/α,β-unsaturated/α-hetero) is 1. The Morgan fingerprint density at radius 3 is 2.40 bits per heavy atom. The van der Waals surface area contributed by atoms with E-state index in [1.54, 1.807) is 0 Å². The number of aliphatic hydroxyl groups excluding tert-OH is 4. The third-order valence-corrected chi connectivity index (χ3v) is 8.80. The molecule has 0 aromatic carbocycles. The van der Waals surface area contributed by atoms with E-state index in [2.05, 4.69) is 13.5 Å². The Balaban J connectivity index is 1.87. The van der Waals surface area contributed by atoms with Gasteiger partial charge in [-0.25, -0.2) is 0 Å². The number of aliphatic hydroxyl groups is 4. The number of carbonyl (C=O) groups is 1. The van der Waals surface area contributed by atoms with E-state index in [0.29, 0.717) is 24.8 Å². The van der Waals surface area contributed by atoms with Gasteiger partial charge in [0.1, 0.15) is 0 Å². The molecule has 4 rings (SSSR count). The molecule has 0 heterocycles. The monoisotopic (exact) mass is 350 g/mol. The van der Waals surface area contributed by atoms with E-state index in [0.717, 1.165) is 12.8 Å². The van der Waals surface area contributed by atoms with Crippen LogP contribution in [0.25, 0.3) is 0 Å². The molecule has 4 N–H and O–H groups in total. The molecule has 0 amide bonds. The smallest absolute Gasteiger partial charge is 0.170 e. The zero-order valence-corrected chi connectivity index (χ0v) is 15.1. The molecular weight excluding hydrogens is 320 g/mol. The molecule has 0 aliphatic heterocycles. The first-order valence-electron chi connectivity index (χ1n) is 9.54. The number of hydrogen-bond donors (Lipinski definition) is 4. The van der Waals surface area contributed by atoms with Crippen LogP contribution < -0.4 is 0 Å². The minimum Gasteiger partial charge on any atom is -0.396 e. The van der Waals surface area contributed by atoms with Crippen molar-refractivity contribution in [3.8, 4) is 0 Å². The van der Waals surface area contributed by atoms with Gasteiger partial charge in [-0.2, -0.15) is 0 Å². The molecule has 25 heavy (non-hydrogen) atoms. The van der Waals surface area contributed by atoms with Crippen molar-refractivity contribution in [2.24, 2.45) is 34.0 Å². The van der Waals surface area contributed by atoms with Crippen LogP contribution in [-0.4, -0.2) is 51.1 Å². The van der Waals surface area contributed by atoms with E-state index in [9.17, 15) is 25.2 Å². The highest BCUT2D eigenvalue weighted by Crippen LogP contribution is 2.70. The second-order valence-electron chi connectivity index (χ2n) is 9.50. The van der Waals surface area contributed by atoms with Gasteiger partial charge in [0, 0.05) is 11.3 Å². The first-order valence-corrected chi connectivity index (χ1v) is 9.54. The normalized spacial score (nSPS) is 58.0. The van der Waals surface area contributed by atoms with Crippen LogP contribution in [0.1, 0.15) is 46.0 Å². The van der Waals surface area contributed by atoms with Gasteiger partial charge >= 0.3 is 0 Å². The predicted octanol–water partition coefficient (Wildman–Crippen LogP) is 1.04. The largest absolute Gasteiger partial charge is 0.396 e. The fraction of sp³-hybridized carbons (Fsp3) is 0.850. The molecule has 0 radical (unpaired) electrons. The molecule has 2 bridgehead atoms. The Hall–Kier alpha value is -0.750. The van der Waals surface area contributed by atoms with Crippen molar-refractivity contribution in [3.05, 3.63) is 12.2 Å². The molecule has 5 heteroatoms. The first-order chi connectivity index (χ1) is 11.7. The fourth-order valence-corrected chi connectivity index (χ4v) is 7.37. The Labute approximate surface area is 148 Å². The van der Waals surface area contributed by atoms with Crippen LogP contribution in [-0.2, 0) is 4.79 Å². The van der Waals surface area contributed by atoms with Gasteiger partial charge in [-0.05, 0) is 54.9 Å². The molecule has 0 aromatic rings. The molecule has 140 valence electrons. The third kappa shape index (κ3) is 1.76. The zero-order chi connectivity index (χ0) is 18.4. The van der Waals surface area contributed by atoms with Gasteiger partial charge in [-0.15, -0.1) is 0 Å². The van der Waals surface area contributed by atoms with Crippen LogP contribution >= 0.6 is 0 Å². The standard InChI is InChI=1S/C20H30O5/c1-10-11-4-5-12-18(2)7-6-14(22)19(3,9-21)13(18)8-15(23)20(12,16(10)24)17(11)25/h11-15,17,21-23,25H,1,4-9H2,2-3H3/t11-,12-,13-,14+,15+,17+,18-,19+,20-/m0/s1. The van der Waals surface area contributed by atoms with Gasteiger partial charge in [0.25, 0.3) is 0 Å². The summed E-state index contributed by atoms with van der Waals surface area (Å²) in [5.41, 5.74) is -1.68. The summed E-state index contributed by atoms with van der Waals surface area (Å²) in [6, 6.07) is 0. The van der Waals surface area contributed by atoms with Crippen molar-refractivity contribution in [1.82, 2.24) is 0 Å². The minimum absolute atomic E-state index is 0.0928. The minimum atomic E-state index is -1.15. The van der Waals surface area contributed by atoms with Crippen molar-refractivity contribution < 1.29 is 25.2 Å². The second-order valence-corrected chi connectivity index (χ2v) is 9.50. The van der Waals surface area contributed by atoms with Crippen LogP contribution in [0.15, 0.2) is 12.2 Å². The van der Waals surface area contributed by atoms with Crippen molar-refractivity contribution >= 4 is 5.78 Å². The first kappa shape index (κ1) is 17.7. The van der Waals surface area contributed by atoms with Crippen LogP contribution in [0.4, 0.5) is 0 Å². The summed E-state index contributed by atoms with van der Waals surface area (Å²) >= 11 is 0. The van der Waals surface area contributed by atoms with E-state index >= 15 is 0 Å². The highest BCUT2D eigenvalue weighted by Gasteiger charge is 2.74. The molecule has 4 aliphatic carbocycles. The molecule has 4 aliphatic rings. The summed E-state index contributed by atoms with van der Waals surface area (Å²) in [6.45, 7) is 7.81. The Morgan fingerprint density at radius 1 is 1.08 bits per heavy atom. The average Bonchev–Trinajstić information content (AvgIpc) is 2.70. The Kier molecular flexibility index (Phi) is 3.64. The molecule has 5 nitrogen and oxygen atoms in total. The van der Waals surface area contributed by atoms with E-state index in [-0.39, 0.29) is 35.6 Å². The van der Waals surface area contributed by atoms with E-state index in [4.69, 9.17) is 0 Å². The van der Waals surface area contributed by atoms with Gasteiger partial charge < -0.3 is 20.4 Å². The fourth-order valence-electron chi connectivity index (χ4n) is 7.37. The molecule has 1 spiro atoms. The van der Waals surface area contributed by atoms with Crippen LogP contribution in [0.5, 0.6) is 0 Å². The van der Waals surface area contributed by atoms with Gasteiger partial charge in [0.15, 0.2) is 5.78 Å². The lowest BCUT2D eigenvalue weighted by Gasteiger charge is -2.66. The summed E-state index contributed by atoms with van der Waals surface area (Å²) < 4.78 is 0. The molecule has 9 atom stereocenters.